The molecule has 3 heterocycles. The van der Waals surface area contributed by atoms with Gasteiger partial charge in [0.25, 0.3) is 0 Å². The molecule has 0 fully saturated rings. The predicted octanol–water partition coefficient (Wildman–Crippen LogP) is 21.1. The molecule has 0 N–H and O–H groups in total. The van der Waals surface area contributed by atoms with Crippen molar-refractivity contribution in [2.24, 2.45) is 0 Å². The second-order valence-electron chi connectivity index (χ2n) is 28.2. The summed E-state index contributed by atoms with van der Waals surface area (Å²) in [4.78, 5) is 5.16. The minimum Gasteiger partial charge on any atom is -0.308 e. The molecule has 0 radical (unpaired) electrons. The largest absolute Gasteiger partial charge is 0.308 e. The minimum atomic E-state index is 0.0368. The van der Waals surface area contributed by atoms with E-state index in [1.165, 1.54) is 137 Å². The number of rotatable bonds is 4. The molecule has 12 rings (SSSR count). The highest BCUT2D eigenvalue weighted by Gasteiger charge is 2.46. The topological polar surface area (TPSA) is 6.48 Å². The second kappa shape index (κ2) is 15.0. The zero-order chi connectivity index (χ0) is 50.5. The van der Waals surface area contributed by atoms with Crippen molar-refractivity contribution in [2.45, 2.75) is 205 Å². The van der Waals surface area contributed by atoms with E-state index in [0.29, 0.717) is 0 Å². The van der Waals surface area contributed by atoms with Crippen LogP contribution in [0.2, 0.25) is 5.02 Å². The Balaban J connectivity index is 1.13. The Kier molecular flexibility index (Phi) is 10.1. The molecule has 0 atom stereocenters. The fraction of sp³-hybridized carbons (Fsp3) is 0.485. The average Bonchev–Trinajstić information content (AvgIpc) is 3.91. The summed E-state index contributed by atoms with van der Waals surface area (Å²) in [6, 6.07) is 29.8. The maximum absolute atomic E-state index is 7.63. The lowest BCUT2D eigenvalue weighted by Crippen LogP contribution is -2.36. The van der Waals surface area contributed by atoms with E-state index in [9.17, 15) is 0 Å². The highest BCUT2D eigenvalue weighted by atomic mass is 35.5. The SMILES string of the molecule is CC1(C)CCC(C)(C)c2cc(N(c3cc(Cl)cc(N4c5cc6c(cc5-c5c7c(cc8scc4c58)C(C)(C)CCC7(C)C)C(C)(C)CCC6(C)C)c3)c3cc4cc5c(cc4s3)C(C)(C)CCC5(C)C)ccc21. The van der Waals surface area contributed by atoms with Gasteiger partial charge in [0, 0.05) is 42.1 Å². The summed E-state index contributed by atoms with van der Waals surface area (Å²) < 4.78 is 2.73. The predicted molar refractivity (Wildman–Crippen MR) is 312 cm³/mol. The van der Waals surface area contributed by atoms with Gasteiger partial charge in [-0.1, -0.05) is 128 Å². The van der Waals surface area contributed by atoms with E-state index in [-0.39, 0.29) is 43.3 Å². The molecule has 5 aromatic carbocycles. The number of anilines is 6. The molecule has 1 aliphatic heterocycles. The summed E-state index contributed by atoms with van der Waals surface area (Å²) in [6.07, 6.45) is 9.47. The van der Waals surface area contributed by atoms with Gasteiger partial charge in [0.1, 0.15) is 5.00 Å². The van der Waals surface area contributed by atoms with Crippen LogP contribution in [0, 0.1) is 0 Å². The van der Waals surface area contributed by atoms with Crippen molar-refractivity contribution in [3.05, 3.63) is 128 Å². The monoisotopic (exact) mass is 997 g/mol. The van der Waals surface area contributed by atoms with Gasteiger partial charge >= 0.3 is 0 Å². The van der Waals surface area contributed by atoms with E-state index in [4.69, 9.17) is 11.6 Å². The van der Waals surface area contributed by atoms with Crippen LogP contribution in [0.5, 0.6) is 0 Å². The summed E-state index contributed by atoms with van der Waals surface area (Å²) in [6.45, 7) is 39.5. The Hall–Kier alpha value is -4.09. The Morgan fingerprint density at radius 1 is 0.451 bits per heavy atom. The number of hydrogen-bond acceptors (Lipinski definition) is 4. The number of hydrogen-bond donors (Lipinski definition) is 0. The van der Waals surface area contributed by atoms with Gasteiger partial charge in [-0.25, -0.2) is 0 Å². The van der Waals surface area contributed by atoms with Crippen LogP contribution >= 0.6 is 34.3 Å². The van der Waals surface area contributed by atoms with Crippen LogP contribution in [0.3, 0.4) is 0 Å². The van der Waals surface area contributed by atoms with Crippen molar-refractivity contribution < 1.29 is 0 Å². The second-order valence-corrected chi connectivity index (χ2v) is 30.7. The van der Waals surface area contributed by atoms with Crippen LogP contribution in [-0.4, -0.2) is 0 Å². The van der Waals surface area contributed by atoms with E-state index in [0.717, 1.165) is 22.8 Å². The fourth-order valence-corrected chi connectivity index (χ4v) is 16.6. The molecule has 2 nitrogen and oxygen atoms in total. The van der Waals surface area contributed by atoms with E-state index < -0.39 is 0 Å². The highest BCUT2D eigenvalue weighted by Crippen LogP contribution is 2.63. The lowest BCUT2D eigenvalue weighted by atomic mass is 9.59. The number of fused-ring (bicyclic) bond motifs is 8. The molecule has 0 unspecified atom stereocenters. The lowest BCUT2D eigenvalue weighted by molar-refractivity contribution is 0.331. The number of thiophene rings is 2. The van der Waals surface area contributed by atoms with Crippen LogP contribution in [0.15, 0.2) is 78.2 Å². The lowest BCUT2D eigenvalue weighted by Gasteiger charge is -2.46. The zero-order valence-corrected chi connectivity index (χ0v) is 48.1. The van der Waals surface area contributed by atoms with Crippen molar-refractivity contribution in [1.82, 2.24) is 0 Å². The first-order chi connectivity index (χ1) is 33.0. The molecule has 2 aromatic heterocycles. The number of nitrogens with zero attached hydrogens (tertiary/aromatic N) is 2. The first-order valence-electron chi connectivity index (χ1n) is 26.9. The van der Waals surface area contributed by atoms with Gasteiger partial charge in [0.15, 0.2) is 0 Å². The molecule has 71 heavy (non-hydrogen) atoms. The van der Waals surface area contributed by atoms with Gasteiger partial charge in [-0.15, -0.1) is 22.7 Å². The third-order valence-electron chi connectivity index (χ3n) is 19.5. The number of halogens is 1. The van der Waals surface area contributed by atoms with Gasteiger partial charge in [-0.3, -0.25) is 0 Å². The molecular formula is C66H77ClN2S2. The zero-order valence-electron chi connectivity index (χ0n) is 45.8. The molecular weight excluding hydrogens is 920 g/mol. The van der Waals surface area contributed by atoms with Crippen LogP contribution in [0.25, 0.3) is 31.3 Å². The molecule has 370 valence electrons. The van der Waals surface area contributed by atoms with E-state index in [2.05, 4.69) is 199 Å². The van der Waals surface area contributed by atoms with Crippen LogP contribution in [0.4, 0.5) is 33.4 Å². The average molecular weight is 998 g/mol. The van der Waals surface area contributed by atoms with Crippen LogP contribution in [-0.2, 0) is 43.3 Å². The summed E-state index contributed by atoms with van der Waals surface area (Å²) >= 11 is 11.5. The molecule has 4 aliphatic carbocycles. The Morgan fingerprint density at radius 3 is 1.58 bits per heavy atom. The molecule has 0 spiro atoms. The first-order valence-corrected chi connectivity index (χ1v) is 29.0. The van der Waals surface area contributed by atoms with Crippen molar-refractivity contribution >= 4 is 87.9 Å². The van der Waals surface area contributed by atoms with Crippen molar-refractivity contribution in [3.8, 4) is 11.1 Å². The standard InChI is InChI=1S/C66H77ClN2S2/c1-59(2)19-20-61(5,6)46-32-40(17-18-44(46)59)68(55-28-38-27-45-49(35-53(38)71-55)64(11,12)24-21-60(45,3)4)41-29-39(67)30-42(31-41)69-51-34-48-47(62(7,8)22-23-63(48,9)10)33-43(51)56-57-52(69)37-70-54(57)36-50-58(56)66(15,16)26-25-65(50,13)14/h17-18,27-37H,19-26H2,1-16H3. The Bertz CT molecular complexity index is 3360. The van der Waals surface area contributed by atoms with Gasteiger partial charge in [-0.2, -0.15) is 0 Å². The Morgan fingerprint density at radius 2 is 0.958 bits per heavy atom. The quantitative estimate of drug-likeness (QED) is 0.173. The molecule has 7 aromatic rings. The van der Waals surface area contributed by atoms with Gasteiger partial charge in [0.2, 0.25) is 0 Å². The third kappa shape index (κ3) is 7.16. The minimum absolute atomic E-state index is 0.0368. The molecule has 0 saturated heterocycles. The molecule has 0 bridgehead atoms. The van der Waals surface area contributed by atoms with Crippen LogP contribution < -0.4 is 9.80 Å². The summed E-state index contributed by atoms with van der Waals surface area (Å²) in [5.74, 6) is 0. The van der Waals surface area contributed by atoms with Gasteiger partial charge < -0.3 is 9.80 Å². The smallest absolute Gasteiger partial charge is 0.101 e. The van der Waals surface area contributed by atoms with Crippen molar-refractivity contribution in [3.63, 3.8) is 0 Å². The number of benzene rings is 5. The van der Waals surface area contributed by atoms with Crippen molar-refractivity contribution in [2.75, 3.05) is 9.80 Å². The normalized spacial score (nSPS) is 22.0. The third-order valence-corrected chi connectivity index (χ3v) is 21.7. The van der Waals surface area contributed by atoms with E-state index in [1.807, 2.05) is 22.7 Å². The summed E-state index contributed by atoms with van der Waals surface area (Å²) in [7, 11) is 0. The maximum atomic E-state index is 7.63. The molecule has 0 saturated carbocycles. The molecule has 5 aliphatic rings. The van der Waals surface area contributed by atoms with Gasteiger partial charge in [0.05, 0.1) is 17.1 Å². The van der Waals surface area contributed by atoms with E-state index in [1.54, 1.807) is 5.56 Å². The Labute approximate surface area is 439 Å². The summed E-state index contributed by atoms with van der Waals surface area (Å²) in [5.41, 5.74) is 21.5. The summed E-state index contributed by atoms with van der Waals surface area (Å²) in [5, 5.41) is 7.15. The molecule has 5 heteroatoms. The van der Waals surface area contributed by atoms with Crippen LogP contribution in [0.1, 0.15) is 207 Å². The molecule has 0 amide bonds. The maximum Gasteiger partial charge on any atom is 0.101 e. The fourth-order valence-electron chi connectivity index (χ4n) is 14.3. The van der Waals surface area contributed by atoms with Crippen molar-refractivity contribution in [1.29, 1.82) is 0 Å². The van der Waals surface area contributed by atoms with E-state index >= 15 is 0 Å². The highest BCUT2D eigenvalue weighted by molar-refractivity contribution is 7.23. The first kappa shape index (κ1) is 47.9. The van der Waals surface area contributed by atoms with Gasteiger partial charge in [-0.05, 0) is 217 Å².